The van der Waals surface area contributed by atoms with E-state index in [0.717, 1.165) is 5.39 Å². The smallest absolute Gasteiger partial charge is 0.153 e. The molecule has 3 aromatic rings. The van der Waals surface area contributed by atoms with Crippen molar-refractivity contribution in [3.63, 3.8) is 0 Å². The van der Waals surface area contributed by atoms with Crippen LogP contribution in [0.5, 0.6) is 11.5 Å². The number of para-hydroxylation sites is 1. The van der Waals surface area contributed by atoms with Gasteiger partial charge in [0.05, 0.1) is 11.7 Å². The first-order valence-corrected chi connectivity index (χ1v) is 6.65. The fourth-order valence-corrected chi connectivity index (χ4v) is 2.29. The fraction of sp³-hybridized carbons (Fsp3) is 0.118. The molecule has 4 heteroatoms. The number of aromatic nitrogens is 1. The van der Waals surface area contributed by atoms with Gasteiger partial charge in [-0.1, -0.05) is 24.3 Å². The third-order valence-corrected chi connectivity index (χ3v) is 3.25. The molecule has 0 bridgehead atoms. The summed E-state index contributed by atoms with van der Waals surface area (Å²) in [7, 11) is 0. The van der Waals surface area contributed by atoms with Crippen LogP contribution in [0.2, 0.25) is 0 Å². The summed E-state index contributed by atoms with van der Waals surface area (Å²) >= 11 is 0. The van der Waals surface area contributed by atoms with Crippen LogP contribution in [0.1, 0.15) is 18.6 Å². The lowest BCUT2D eigenvalue weighted by atomic mass is 10.1. The van der Waals surface area contributed by atoms with Crippen molar-refractivity contribution in [3.05, 3.63) is 66.1 Å². The minimum absolute atomic E-state index is 0.144. The van der Waals surface area contributed by atoms with Gasteiger partial charge < -0.3 is 9.84 Å². The van der Waals surface area contributed by atoms with Crippen molar-refractivity contribution in [2.75, 3.05) is 0 Å². The Labute approximate surface area is 121 Å². The maximum Gasteiger partial charge on any atom is 0.153 e. The number of hydrogen-bond donors (Lipinski definition) is 1. The van der Waals surface area contributed by atoms with Crippen molar-refractivity contribution in [2.24, 2.45) is 0 Å². The average Bonchev–Trinajstić information content (AvgIpc) is 2.47. The molecule has 1 aromatic heterocycles. The quantitative estimate of drug-likeness (QED) is 0.782. The van der Waals surface area contributed by atoms with E-state index >= 15 is 0 Å². The minimum Gasteiger partial charge on any atom is -0.455 e. The third-order valence-electron chi connectivity index (χ3n) is 3.25. The van der Waals surface area contributed by atoms with Crippen LogP contribution >= 0.6 is 0 Å². The van der Waals surface area contributed by atoms with Gasteiger partial charge in [0, 0.05) is 11.6 Å². The van der Waals surface area contributed by atoms with Gasteiger partial charge in [-0.3, -0.25) is 4.98 Å². The summed E-state index contributed by atoms with van der Waals surface area (Å²) in [5.74, 6) is 0.333. The standard InChI is InChI=1S/C17H14FNO2/c1-11(20)16-13(18)7-3-8-14(16)21-15-9-2-5-12-6-4-10-19-17(12)15/h2-11,20H,1H3/t11-/m0/s1. The van der Waals surface area contributed by atoms with Crippen molar-refractivity contribution >= 4 is 10.9 Å². The summed E-state index contributed by atoms with van der Waals surface area (Å²) in [5, 5.41) is 10.7. The van der Waals surface area contributed by atoms with E-state index in [9.17, 15) is 9.50 Å². The molecule has 3 nitrogen and oxygen atoms in total. The highest BCUT2D eigenvalue weighted by molar-refractivity contribution is 5.84. The van der Waals surface area contributed by atoms with E-state index in [1.165, 1.54) is 13.0 Å². The fourth-order valence-electron chi connectivity index (χ4n) is 2.29. The molecule has 3 rings (SSSR count). The van der Waals surface area contributed by atoms with Gasteiger partial charge in [-0.2, -0.15) is 0 Å². The van der Waals surface area contributed by atoms with Crippen LogP contribution < -0.4 is 4.74 Å². The maximum absolute atomic E-state index is 13.9. The number of fused-ring (bicyclic) bond motifs is 1. The Bertz CT molecular complexity index is 781. The van der Waals surface area contributed by atoms with Gasteiger partial charge in [-0.25, -0.2) is 4.39 Å². The molecular formula is C17H14FNO2. The molecule has 0 aliphatic carbocycles. The van der Waals surface area contributed by atoms with Crippen LogP contribution in [-0.2, 0) is 0 Å². The van der Waals surface area contributed by atoms with E-state index in [0.29, 0.717) is 17.0 Å². The van der Waals surface area contributed by atoms with Gasteiger partial charge in [0.2, 0.25) is 0 Å². The Kier molecular flexibility index (Phi) is 3.54. The van der Waals surface area contributed by atoms with Crippen LogP contribution in [0.3, 0.4) is 0 Å². The molecule has 0 unspecified atom stereocenters. The molecule has 0 radical (unpaired) electrons. The number of nitrogens with zero attached hydrogens (tertiary/aromatic N) is 1. The molecular weight excluding hydrogens is 269 g/mol. The predicted octanol–water partition coefficient (Wildman–Crippen LogP) is 4.22. The second kappa shape index (κ2) is 5.50. The van der Waals surface area contributed by atoms with Crippen molar-refractivity contribution < 1.29 is 14.2 Å². The molecule has 1 heterocycles. The minimum atomic E-state index is -0.955. The van der Waals surface area contributed by atoms with Crippen molar-refractivity contribution in [2.45, 2.75) is 13.0 Å². The highest BCUT2D eigenvalue weighted by Crippen LogP contribution is 2.34. The molecule has 1 atom stereocenters. The van der Waals surface area contributed by atoms with Crippen molar-refractivity contribution in [1.82, 2.24) is 4.98 Å². The lowest BCUT2D eigenvalue weighted by Crippen LogP contribution is -2.00. The lowest BCUT2D eigenvalue weighted by Gasteiger charge is -2.14. The summed E-state index contributed by atoms with van der Waals surface area (Å²) in [6.07, 6.45) is 0.722. The molecule has 106 valence electrons. The van der Waals surface area contributed by atoms with Gasteiger partial charge in [0.1, 0.15) is 17.1 Å². The molecule has 0 saturated carbocycles. The summed E-state index contributed by atoms with van der Waals surface area (Å²) in [6, 6.07) is 13.8. The van der Waals surface area contributed by atoms with Crippen LogP contribution in [0.4, 0.5) is 4.39 Å². The summed E-state index contributed by atoms with van der Waals surface area (Å²) in [6.45, 7) is 1.51. The molecule has 0 saturated heterocycles. The Balaban J connectivity index is 2.09. The summed E-state index contributed by atoms with van der Waals surface area (Å²) < 4.78 is 19.7. The number of pyridine rings is 1. The number of ether oxygens (including phenoxy) is 1. The predicted molar refractivity (Wildman–Crippen MR) is 78.9 cm³/mol. The molecule has 0 spiro atoms. The topological polar surface area (TPSA) is 42.4 Å². The molecule has 0 aliphatic rings. The number of benzene rings is 2. The van der Waals surface area contributed by atoms with Crippen molar-refractivity contribution in [1.29, 1.82) is 0 Å². The van der Waals surface area contributed by atoms with Gasteiger partial charge in [-0.05, 0) is 31.2 Å². The molecule has 2 aromatic carbocycles. The van der Waals surface area contributed by atoms with Gasteiger partial charge in [-0.15, -0.1) is 0 Å². The summed E-state index contributed by atoms with van der Waals surface area (Å²) in [4.78, 5) is 4.29. The SMILES string of the molecule is C[C@H](O)c1c(F)cccc1Oc1cccc2cccnc12. The normalized spacial score (nSPS) is 12.3. The first-order chi connectivity index (χ1) is 10.2. The molecule has 0 fully saturated rings. The first kappa shape index (κ1) is 13.5. The second-order valence-corrected chi connectivity index (χ2v) is 4.76. The van der Waals surface area contributed by atoms with Gasteiger partial charge in [0.15, 0.2) is 5.75 Å². The highest BCUT2D eigenvalue weighted by Gasteiger charge is 2.16. The number of halogens is 1. The Hall–Kier alpha value is -2.46. The maximum atomic E-state index is 13.9. The Morgan fingerprint density at radius 2 is 1.76 bits per heavy atom. The van der Waals surface area contributed by atoms with E-state index < -0.39 is 11.9 Å². The van der Waals surface area contributed by atoms with E-state index in [2.05, 4.69) is 4.98 Å². The molecule has 1 N–H and O–H groups in total. The second-order valence-electron chi connectivity index (χ2n) is 4.76. The number of aliphatic hydroxyl groups excluding tert-OH is 1. The number of rotatable bonds is 3. The van der Waals surface area contributed by atoms with E-state index in [1.807, 2.05) is 24.3 Å². The van der Waals surface area contributed by atoms with Crippen LogP contribution in [0.25, 0.3) is 10.9 Å². The Morgan fingerprint density at radius 1 is 1.05 bits per heavy atom. The largest absolute Gasteiger partial charge is 0.455 e. The van der Waals surface area contributed by atoms with Crippen LogP contribution in [0.15, 0.2) is 54.7 Å². The highest BCUT2D eigenvalue weighted by atomic mass is 19.1. The third kappa shape index (κ3) is 2.58. The monoisotopic (exact) mass is 283 g/mol. The van der Waals surface area contributed by atoms with Crippen LogP contribution in [-0.4, -0.2) is 10.1 Å². The average molecular weight is 283 g/mol. The van der Waals surface area contributed by atoms with E-state index in [-0.39, 0.29) is 5.56 Å². The zero-order chi connectivity index (χ0) is 14.8. The molecule has 21 heavy (non-hydrogen) atoms. The van der Waals surface area contributed by atoms with Gasteiger partial charge in [0.25, 0.3) is 0 Å². The van der Waals surface area contributed by atoms with E-state index in [1.54, 1.807) is 24.4 Å². The zero-order valence-electron chi connectivity index (χ0n) is 11.5. The summed E-state index contributed by atoms with van der Waals surface area (Å²) in [5.41, 5.74) is 0.839. The number of hydrogen-bond acceptors (Lipinski definition) is 3. The molecule has 0 amide bonds. The Morgan fingerprint density at radius 3 is 2.57 bits per heavy atom. The lowest BCUT2D eigenvalue weighted by molar-refractivity contribution is 0.190. The zero-order valence-corrected chi connectivity index (χ0v) is 11.5. The van der Waals surface area contributed by atoms with Crippen molar-refractivity contribution in [3.8, 4) is 11.5 Å². The van der Waals surface area contributed by atoms with Crippen LogP contribution in [0, 0.1) is 5.82 Å². The van der Waals surface area contributed by atoms with E-state index in [4.69, 9.17) is 4.74 Å². The molecule has 0 aliphatic heterocycles. The number of aliphatic hydroxyl groups is 1. The van der Waals surface area contributed by atoms with Gasteiger partial charge >= 0.3 is 0 Å². The first-order valence-electron chi connectivity index (χ1n) is 6.65.